The fourth-order valence-electron chi connectivity index (χ4n) is 3.10. The van der Waals surface area contributed by atoms with Crippen LogP contribution in [0.15, 0.2) is 0 Å². The Morgan fingerprint density at radius 2 is 1.71 bits per heavy atom. The molecule has 1 N–H and O–H groups in total. The minimum atomic E-state index is -0.892. The Kier molecular flexibility index (Phi) is 5.25. The summed E-state index contributed by atoms with van der Waals surface area (Å²) in [5.74, 6) is -0.892. The Balaban J connectivity index is 2.86. The van der Waals surface area contributed by atoms with E-state index in [1.807, 2.05) is 34.6 Å². The van der Waals surface area contributed by atoms with Gasteiger partial charge in [0.25, 0.3) is 0 Å². The Bertz CT molecular complexity index is 390. The summed E-state index contributed by atoms with van der Waals surface area (Å²) in [6, 6.07) is -0.440. The van der Waals surface area contributed by atoms with E-state index in [9.17, 15) is 9.59 Å². The van der Waals surface area contributed by atoms with Crippen molar-refractivity contribution in [3.63, 3.8) is 0 Å². The summed E-state index contributed by atoms with van der Waals surface area (Å²) >= 11 is 0. The lowest BCUT2D eigenvalue weighted by atomic mass is 9.99. The van der Waals surface area contributed by atoms with Crippen LogP contribution >= 0.6 is 0 Å². The van der Waals surface area contributed by atoms with E-state index in [0.29, 0.717) is 19.6 Å². The predicted octanol–water partition coefficient (Wildman–Crippen LogP) is 2.18. The summed E-state index contributed by atoms with van der Waals surface area (Å²) in [6.45, 7) is 13.0. The van der Waals surface area contributed by atoms with Crippen molar-refractivity contribution in [1.29, 1.82) is 0 Å². The first-order valence-electron chi connectivity index (χ1n) is 7.45. The zero-order valence-corrected chi connectivity index (χ0v) is 14.0. The van der Waals surface area contributed by atoms with Gasteiger partial charge in [-0.3, -0.25) is 4.79 Å². The van der Waals surface area contributed by atoms with Crippen molar-refractivity contribution in [3.8, 4) is 0 Å². The highest BCUT2D eigenvalue weighted by atomic mass is 16.5. The molecule has 0 radical (unpaired) electrons. The van der Waals surface area contributed by atoms with Crippen LogP contribution in [0, 0.1) is 0 Å². The first-order chi connectivity index (χ1) is 9.47. The number of carbonyl (C=O) groups excluding carboxylic acids is 1. The second-order valence-electron chi connectivity index (χ2n) is 6.99. The number of urea groups is 1. The van der Waals surface area contributed by atoms with Crippen molar-refractivity contribution in [2.45, 2.75) is 65.2 Å². The monoisotopic (exact) mass is 300 g/mol. The van der Waals surface area contributed by atoms with Gasteiger partial charge in [-0.2, -0.15) is 0 Å². The van der Waals surface area contributed by atoms with Crippen LogP contribution in [-0.2, 0) is 9.53 Å². The highest BCUT2D eigenvalue weighted by Gasteiger charge is 2.41. The smallest absolute Gasteiger partial charge is 0.320 e. The molecule has 0 aromatic rings. The largest absolute Gasteiger partial charge is 0.481 e. The van der Waals surface area contributed by atoms with Crippen molar-refractivity contribution in [2.24, 2.45) is 0 Å². The molecule has 2 amide bonds. The zero-order chi connectivity index (χ0) is 16.4. The van der Waals surface area contributed by atoms with Crippen LogP contribution in [0.3, 0.4) is 0 Å². The van der Waals surface area contributed by atoms with E-state index in [4.69, 9.17) is 9.84 Å². The second-order valence-corrected chi connectivity index (χ2v) is 6.99. The highest BCUT2D eigenvalue weighted by molar-refractivity contribution is 5.76. The maximum Gasteiger partial charge on any atom is 0.320 e. The summed E-state index contributed by atoms with van der Waals surface area (Å²) < 4.78 is 5.97. The lowest BCUT2D eigenvalue weighted by molar-refractivity contribution is -0.172. The van der Waals surface area contributed by atoms with Crippen LogP contribution in [0.25, 0.3) is 0 Å². The van der Waals surface area contributed by atoms with E-state index in [-0.39, 0.29) is 18.5 Å². The standard InChI is InChI=1S/C15H28N2O4/c1-7-17(11(2)8-12(18)19)13(20)16-9-14(3,4)21-15(5,6)10-16/h11H,7-10H2,1-6H3,(H,18,19). The van der Waals surface area contributed by atoms with E-state index in [0.717, 1.165) is 0 Å². The molecule has 6 nitrogen and oxygen atoms in total. The van der Waals surface area contributed by atoms with Gasteiger partial charge in [0.1, 0.15) is 0 Å². The van der Waals surface area contributed by atoms with Gasteiger partial charge in [0.15, 0.2) is 0 Å². The van der Waals surface area contributed by atoms with Gasteiger partial charge in [0.05, 0.1) is 30.7 Å². The summed E-state index contributed by atoms with van der Waals surface area (Å²) in [6.07, 6.45) is -0.0449. The number of nitrogens with zero attached hydrogens (tertiary/aromatic N) is 2. The van der Waals surface area contributed by atoms with Gasteiger partial charge in [-0.15, -0.1) is 0 Å². The molecule has 0 bridgehead atoms. The molecule has 1 rings (SSSR count). The molecule has 1 saturated heterocycles. The number of amides is 2. The lowest BCUT2D eigenvalue weighted by Gasteiger charge is -2.48. The SMILES string of the molecule is CCN(C(=O)N1CC(C)(C)OC(C)(C)C1)C(C)CC(=O)O. The third-order valence-electron chi connectivity index (χ3n) is 3.55. The molecule has 1 aliphatic heterocycles. The molecule has 1 unspecified atom stereocenters. The highest BCUT2D eigenvalue weighted by Crippen LogP contribution is 2.29. The van der Waals surface area contributed by atoms with Gasteiger partial charge in [-0.1, -0.05) is 0 Å². The Morgan fingerprint density at radius 3 is 2.10 bits per heavy atom. The van der Waals surface area contributed by atoms with E-state index >= 15 is 0 Å². The van der Waals surface area contributed by atoms with Gasteiger partial charge in [-0.05, 0) is 41.5 Å². The van der Waals surface area contributed by atoms with Crippen LogP contribution < -0.4 is 0 Å². The molecule has 0 spiro atoms. The van der Waals surface area contributed by atoms with Crippen LogP contribution in [0.2, 0.25) is 0 Å². The Labute approximate surface area is 127 Å². The second kappa shape index (κ2) is 6.22. The predicted molar refractivity (Wildman–Crippen MR) is 80.3 cm³/mol. The first kappa shape index (κ1) is 17.8. The zero-order valence-electron chi connectivity index (χ0n) is 14.0. The fraction of sp³-hybridized carbons (Fsp3) is 0.867. The molecular formula is C15H28N2O4. The maximum absolute atomic E-state index is 12.7. The average molecular weight is 300 g/mol. The summed E-state index contributed by atoms with van der Waals surface area (Å²) in [5.41, 5.74) is -0.820. The fourth-order valence-corrected chi connectivity index (χ4v) is 3.10. The molecule has 122 valence electrons. The van der Waals surface area contributed by atoms with Crippen LogP contribution in [0.1, 0.15) is 48.0 Å². The van der Waals surface area contributed by atoms with Crippen molar-refractivity contribution in [1.82, 2.24) is 9.80 Å². The Hall–Kier alpha value is -1.30. The van der Waals surface area contributed by atoms with E-state index in [1.165, 1.54) is 0 Å². The van der Waals surface area contributed by atoms with Crippen molar-refractivity contribution >= 4 is 12.0 Å². The van der Waals surface area contributed by atoms with Crippen LogP contribution in [0.4, 0.5) is 4.79 Å². The molecule has 0 aromatic carbocycles. The number of hydrogen-bond acceptors (Lipinski definition) is 3. The van der Waals surface area contributed by atoms with E-state index in [1.54, 1.807) is 16.7 Å². The number of morpholine rings is 1. The summed E-state index contributed by atoms with van der Waals surface area (Å²) in [4.78, 5) is 27.0. The van der Waals surface area contributed by atoms with Gasteiger partial charge in [0, 0.05) is 12.6 Å². The molecule has 1 fully saturated rings. The first-order valence-corrected chi connectivity index (χ1v) is 7.45. The molecular weight excluding hydrogens is 272 g/mol. The minimum Gasteiger partial charge on any atom is -0.481 e. The quantitative estimate of drug-likeness (QED) is 0.864. The number of ether oxygens (including phenoxy) is 1. The molecule has 0 aromatic heterocycles. The molecule has 0 saturated carbocycles. The normalized spacial score (nSPS) is 21.7. The molecule has 0 aliphatic carbocycles. The number of carboxylic acids is 1. The van der Waals surface area contributed by atoms with Crippen molar-refractivity contribution in [3.05, 3.63) is 0 Å². The molecule has 21 heavy (non-hydrogen) atoms. The number of hydrogen-bond donors (Lipinski definition) is 1. The topological polar surface area (TPSA) is 70.1 Å². The number of rotatable bonds is 4. The van der Waals surface area contributed by atoms with Gasteiger partial charge >= 0.3 is 12.0 Å². The van der Waals surface area contributed by atoms with Gasteiger partial charge < -0.3 is 19.6 Å². The van der Waals surface area contributed by atoms with E-state index in [2.05, 4.69) is 0 Å². The maximum atomic E-state index is 12.7. The number of aliphatic carboxylic acids is 1. The Morgan fingerprint density at radius 1 is 1.24 bits per heavy atom. The molecule has 1 atom stereocenters. The van der Waals surface area contributed by atoms with Gasteiger partial charge in [0.2, 0.25) is 0 Å². The van der Waals surface area contributed by atoms with Crippen LogP contribution in [0.5, 0.6) is 0 Å². The average Bonchev–Trinajstić information content (AvgIpc) is 2.24. The number of carboxylic acid groups (broad SMARTS) is 1. The molecule has 1 heterocycles. The minimum absolute atomic E-state index is 0.0449. The van der Waals surface area contributed by atoms with Crippen molar-refractivity contribution < 1.29 is 19.4 Å². The molecule has 1 aliphatic rings. The number of carbonyl (C=O) groups is 2. The third-order valence-corrected chi connectivity index (χ3v) is 3.55. The summed E-state index contributed by atoms with van der Waals surface area (Å²) in [7, 11) is 0. The van der Waals surface area contributed by atoms with Crippen molar-refractivity contribution in [2.75, 3.05) is 19.6 Å². The van der Waals surface area contributed by atoms with E-state index < -0.39 is 17.2 Å². The third kappa shape index (κ3) is 4.88. The van der Waals surface area contributed by atoms with Gasteiger partial charge in [-0.25, -0.2) is 4.79 Å². The summed E-state index contributed by atoms with van der Waals surface area (Å²) in [5, 5.41) is 8.92. The lowest BCUT2D eigenvalue weighted by Crippen LogP contribution is -2.61. The van der Waals surface area contributed by atoms with Crippen LogP contribution in [-0.4, -0.2) is 63.8 Å². The molecule has 6 heteroatoms.